The van der Waals surface area contributed by atoms with Crippen LogP contribution in [0.3, 0.4) is 0 Å². The van der Waals surface area contributed by atoms with Gasteiger partial charge < -0.3 is 38.0 Å². The molecule has 0 saturated carbocycles. The van der Waals surface area contributed by atoms with E-state index in [1.54, 1.807) is 97.2 Å². The third-order valence-electron chi connectivity index (χ3n) is 5.24. The number of nitrogens with two attached hydrogens (primary N) is 4. The molecule has 208 valence electrons. The quantitative estimate of drug-likeness (QED) is 0.172. The molecule has 0 aliphatic heterocycles. The van der Waals surface area contributed by atoms with Gasteiger partial charge in [-0.15, -0.1) is 0 Å². The number of hydrogen-bond acceptors (Lipinski definition) is 8. The molecule has 2 heterocycles. The van der Waals surface area contributed by atoms with Crippen LogP contribution in [0.2, 0.25) is 0 Å². The van der Waals surface area contributed by atoms with Crippen molar-refractivity contribution in [2.45, 2.75) is 0 Å². The minimum atomic E-state index is -0.431. The zero-order chi connectivity index (χ0) is 29.6. The zero-order valence-electron chi connectivity index (χ0n) is 21.9. The number of rotatable bonds is 5. The molecule has 0 aliphatic carbocycles. The van der Waals surface area contributed by atoms with Crippen LogP contribution in [0.5, 0.6) is 0 Å². The number of primary amides is 1. The van der Waals surface area contributed by atoms with Crippen LogP contribution in [-0.4, -0.2) is 22.7 Å². The Bertz CT molecular complexity index is 1540. The van der Waals surface area contributed by atoms with Gasteiger partial charge in [-0.05, 0) is 91.0 Å². The highest BCUT2D eigenvalue weighted by atomic mass is 16.3. The van der Waals surface area contributed by atoms with E-state index in [0.717, 1.165) is 0 Å². The smallest absolute Gasteiger partial charge is 0.258 e. The van der Waals surface area contributed by atoms with E-state index >= 15 is 0 Å². The van der Waals surface area contributed by atoms with Crippen molar-refractivity contribution >= 4 is 46.2 Å². The second kappa shape index (κ2) is 14.7. The number of amides is 3. The molecule has 0 radical (unpaired) electrons. The van der Waals surface area contributed by atoms with E-state index in [1.807, 2.05) is 0 Å². The predicted molar refractivity (Wildman–Crippen MR) is 160 cm³/mol. The monoisotopic (exact) mass is 551 g/mol. The first-order valence-electron chi connectivity index (χ1n) is 12.1. The van der Waals surface area contributed by atoms with Gasteiger partial charge in [0.25, 0.3) is 11.8 Å². The highest BCUT2D eigenvalue weighted by Gasteiger charge is 2.07. The fourth-order valence-corrected chi connectivity index (χ4v) is 3.08. The third-order valence-corrected chi connectivity index (χ3v) is 5.24. The topological polar surface area (TPSA) is 205 Å². The summed E-state index contributed by atoms with van der Waals surface area (Å²) in [7, 11) is 0. The van der Waals surface area contributed by atoms with Gasteiger partial charge in [0, 0.05) is 46.4 Å². The molecule has 41 heavy (non-hydrogen) atoms. The molecule has 3 amide bonds. The lowest BCUT2D eigenvalue weighted by molar-refractivity contribution is 0.0996. The number of nitrogens with zero attached hydrogens (tertiary/aromatic N) is 1. The second-order valence-corrected chi connectivity index (χ2v) is 8.39. The van der Waals surface area contributed by atoms with Crippen molar-refractivity contribution in [3.8, 4) is 0 Å². The number of nitrogen functional groups attached to an aromatic ring is 3. The van der Waals surface area contributed by atoms with Crippen LogP contribution in [0.15, 0.2) is 120 Å². The van der Waals surface area contributed by atoms with Crippen molar-refractivity contribution in [2.24, 2.45) is 5.73 Å². The number of anilines is 5. The molecule has 0 fully saturated rings. The van der Waals surface area contributed by atoms with Gasteiger partial charge in [-0.3, -0.25) is 19.4 Å². The lowest BCUT2D eigenvalue weighted by Gasteiger charge is -2.04. The molecule has 11 heteroatoms. The third kappa shape index (κ3) is 9.94. The summed E-state index contributed by atoms with van der Waals surface area (Å²) in [5.74, 6) is -0.814. The molecule has 10 N–H and O–H groups in total. The minimum Gasteiger partial charge on any atom is -0.472 e. The second-order valence-electron chi connectivity index (χ2n) is 8.39. The average Bonchev–Trinajstić information content (AvgIpc) is 3.53. The van der Waals surface area contributed by atoms with E-state index in [2.05, 4.69) is 15.6 Å². The molecular weight excluding hydrogens is 522 g/mol. The summed E-state index contributed by atoms with van der Waals surface area (Å²) in [5.41, 5.74) is 26.3. The fourth-order valence-electron chi connectivity index (χ4n) is 3.08. The Hall–Kier alpha value is -6.10. The molecule has 0 atom stereocenters. The van der Waals surface area contributed by atoms with Gasteiger partial charge in [0.05, 0.1) is 17.4 Å². The van der Waals surface area contributed by atoms with Gasteiger partial charge in [0.1, 0.15) is 6.26 Å². The van der Waals surface area contributed by atoms with E-state index in [0.29, 0.717) is 45.1 Å². The highest BCUT2D eigenvalue weighted by Crippen LogP contribution is 2.13. The first-order chi connectivity index (χ1) is 19.7. The number of carbonyl (C=O) groups excluding carboxylic acids is 3. The summed E-state index contributed by atoms with van der Waals surface area (Å²) in [4.78, 5) is 37.6. The lowest BCUT2D eigenvalue weighted by atomic mass is 10.2. The van der Waals surface area contributed by atoms with Crippen molar-refractivity contribution in [2.75, 3.05) is 27.8 Å². The molecule has 5 rings (SSSR count). The van der Waals surface area contributed by atoms with Crippen LogP contribution in [0.4, 0.5) is 28.4 Å². The summed E-state index contributed by atoms with van der Waals surface area (Å²) >= 11 is 0. The first-order valence-corrected chi connectivity index (χ1v) is 12.1. The minimum absolute atomic E-state index is 0.183. The molecule has 0 aliphatic rings. The Balaban J connectivity index is 0.000000174. The summed E-state index contributed by atoms with van der Waals surface area (Å²) in [6.07, 6.45) is 6.00. The summed E-state index contributed by atoms with van der Waals surface area (Å²) in [6, 6.07) is 25.4. The van der Waals surface area contributed by atoms with Crippen LogP contribution < -0.4 is 33.6 Å². The van der Waals surface area contributed by atoms with Crippen molar-refractivity contribution in [1.29, 1.82) is 0 Å². The van der Waals surface area contributed by atoms with E-state index in [-0.39, 0.29) is 11.8 Å². The summed E-state index contributed by atoms with van der Waals surface area (Å²) < 4.78 is 4.81. The van der Waals surface area contributed by atoms with Gasteiger partial charge >= 0.3 is 0 Å². The maximum atomic E-state index is 11.7. The van der Waals surface area contributed by atoms with Crippen molar-refractivity contribution in [3.63, 3.8) is 0 Å². The number of hydrogen-bond donors (Lipinski definition) is 6. The molecule has 0 bridgehead atoms. The maximum Gasteiger partial charge on any atom is 0.258 e. The van der Waals surface area contributed by atoms with Gasteiger partial charge in [-0.1, -0.05) is 0 Å². The number of carbonyl (C=O) groups is 3. The van der Waals surface area contributed by atoms with Crippen LogP contribution in [0.25, 0.3) is 0 Å². The molecule has 5 aromatic rings. The van der Waals surface area contributed by atoms with Gasteiger partial charge in [0.2, 0.25) is 5.91 Å². The zero-order valence-corrected chi connectivity index (χ0v) is 21.9. The van der Waals surface area contributed by atoms with Gasteiger partial charge in [-0.25, -0.2) is 0 Å². The standard InChI is InChI=1S/C12H11N3O.C11H10N2O2.C7H8N2O/c13-10-3-5-11(6-4-10)15-12(16)9-2-1-7-14-8-9;12-9-1-3-10(4-2-9)13-11(14)8-5-6-15-7-8;8-6-3-1-5(2-4-6)7(9)10/h1-8H,13H2,(H,15,16);1-7H,12H2,(H,13,14);1-4H,8H2,(H2,9,10). The summed E-state index contributed by atoms with van der Waals surface area (Å²) in [6.45, 7) is 0. The highest BCUT2D eigenvalue weighted by molar-refractivity contribution is 6.04. The Morgan fingerprint density at radius 2 is 1.10 bits per heavy atom. The normalized spacial score (nSPS) is 9.66. The fraction of sp³-hybridized carbons (Fsp3) is 0. The number of aromatic nitrogens is 1. The Labute approximate surface area is 236 Å². The van der Waals surface area contributed by atoms with E-state index < -0.39 is 5.91 Å². The SMILES string of the molecule is NC(=O)c1ccc(N)cc1.Nc1ccc(NC(=O)c2cccnc2)cc1.Nc1ccc(NC(=O)c2ccoc2)cc1. The Morgan fingerprint density at radius 1 is 0.610 bits per heavy atom. The number of nitrogens with one attached hydrogen (secondary N) is 2. The molecule has 0 unspecified atom stereocenters. The Morgan fingerprint density at radius 3 is 1.51 bits per heavy atom. The van der Waals surface area contributed by atoms with Crippen molar-refractivity contribution < 1.29 is 18.8 Å². The Kier molecular flexibility index (Phi) is 10.6. The molecule has 3 aromatic carbocycles. The molecule has 2 aromatic heterocycles. The largest absolute Gasteiger partial charge is 0.472 e. The van der Waals surface area contributed by atoms with Crippen LogP contribution >= 0.6 is 0 Å². The van der Waals surface area contributed by atoms with E-state index in [4.69, 9.17) is 27.4 Å². The van der Waals surface area contributed by atoms with Crippen LogP contribution in [-0.2, 0) is 0 Å². The molecule has 0 spiro atoms. The maximum absolute atomic E-state index is 11.7. The summed E-state index contributed by atoms with van der Waals surface area (Å²) in [5, 5.41) is 5.47. The van der Waals surface area contributed by atoms with Crippen molar-refractivity contribution in [1.82, 2.24) is 4.98 Å². The first kappa shape index (κ1) is 29.5. The number of benzene rings is 3. The molecule has 11 nitrogen and oxygen atoms in total. The van der Waals surface area contributed by atoms with Gasteiger partial charge in [-0.2, -0.15) is 0 Å². The van der Waals surface area contributed by atoms with Crippen LogP contribution in [0, 0.1) is 0 Å². The number of furan rings is 1. The molecular formula is C30H29N7O4. The van der Waals surface area contributed by atoms with Crippen molar-refractivity contribution in [3.05, 3.63) is 133 Å². The van der Waals surface area contributed by atoms with Crippen LogP contribution in [0.1, 0.15) is 31.1 Å². The lowest BCUT2D eigenvalue weighted by Crippen LogP contribution is -2.11. The van der Waals surface area contributed by atoms with Gasteiger partial charge in [0.15, 0.2) is 0 Å². The predicted octanol–water partition coefficient (Wildman–Crippen LogP) is 4.40. The average molecular weight is 552 g/mol. The van der Waals surface area contributed by atoms with E-state index in [9.17, 15) is 14.4 Å². The number of pyridine rings is 1. The molecule has 0 saturated heterocycles. The van der Waals surface area contributed by atoms with E-state index in [1.165, 1.54) is 18.7 Å².